The van der Waals surface area contributed by atoms with Crippen molar-refractivity contribution < 1.29 is 17.9 Å². The highest BCUT2D eigenvalue weighted by atomic mass is 32.2. The quantitative estimate of drug-likeness (QED) is 0.803. The molecule has 4 rings (SSSR count). The standard InChI is InChI=1S/C18H24N2O4S/c1-2-20-14-9-11-19(18(21)13-7-8-13)12-10-15(14)24-16-5-3-4-6-17(16)25(20,22)23/h3-6,13-15H,2,7-12H2,1H3/t14-,15-/m1/s1. The van der Waals surface area contributed by atoms with E-state index in [1.807, 2.05) is 11.8 Å². The lowest BCUT2D eigenvalue weighted by molar-refractivity contribution is -0.132. The average Bonchev–Trinajstić information content (AvgIpc) is 3.43. The number of amides is 1. The van der Waals surface area contributed by atoms with Crippen molar-refractivity contribution in [3.63, 3.8) is 0 Å². The fraction of sp³-hybridized carbons (Fsp3) is 0.611. The van der Waals surface area contributed by atoms with E-state index in [0.29, 0.717) is 38.2 Å². The van der Waals surface area contributed by atoms with Gasteiger partial charge in [-0.15, -0.1) is 0 Å². The molecule has 0 aromatic heterocycles. The largest absolute Gasteiger partial charge is 0.487 e. The van der Waals surface area contributed by atoms with Gasteiger partial charge in [0.25, 0.3) is 0 Å². The number of sulfonamides is 1. The number of carbonyl (C=O) groups is 1. The van der Waals surface area contributed by atoms with Gasteiger partial charge in [-0.1, -0.05) is 19.1 Å². The fourth-order valence-electron chi connectivity index (χ4n) is 3.97. The minimum atomic E-state index is -3.59. The molecular formula is C18H24N2O4S. The van der Waals surface area contributed by atoms with Crippen molar-refractivity contribution in [3.05, 3.63) is 24.3 Å². The summed E-state index contributed by atoms with van der Waals surface area (Å²) in [7, 11) is -3.59. The van der Waals surface area contributed by atoms with E-state index in [4.69, 9.17) is 4.74 Å². The van der Waals surface area contributed by atoms with Crippen molar-refractivity contribution in [2.24, 2.45) is 5.92 Å². The van der Waals surface area contributed by atoms with E-state index in [-0.39, 0.29) is 28.9 Å². The summed E-state index contributed by atoms with van der Waals surface area (Å²) in [5.74, 6) is 0.841. The lowest BCUT2D eigenvalue weighted by Gasteiger charge is -2.30. The number of ether oxygens (including phenoxy) is 1. The SMILES string of the molecule is CCN1[C@@H]2CCN(C(=O)C3CC3)CC[C@H]2Oc2ccccc2S1(=O)=O. The first-order valence-electron chi connectivity index (χ1n) is 9.08. The molecule has 0 radical (unpaired) electrons. The topological polar surface area (TPSA) is 66.9 Å². The number of carbonyl (C=O) groups excluding carboxylic acids is 1. The summed E-state index contributed by atoms with van der Waals surface area (Å²) in [4.78, 5) is 14.6. The Morgan fingerprint density at radius 2 is 1.88 bits per heavy atom. The van der Waals surface area contributed by atoms with Crippen LogP contribution in [-0.4, -0.2) is 55.3 Å². The first-order chi connectivity index (χ1) is 12.0. The van der Waals surface area contributed by atoms with Crippen LogP contribution in [0.4, 0.5) is 0 Å². The number of benzene rings is 1. The molecule has 1 aromatic carbocycles. The number of fused-ring (bicyclic) bond motifs is 2. The summed E-state index contributed by atoms with van der Waals surface area (Å²) in [6, 6.07) is 6.62. The first-order valence-corrected chi connectivity index (χ1v) is 10.5. The van der Waals surface area contributed by atoms with Gasteiger partial charge in [-0.25, -0.2) is 8.42 Å². The Hall–Kier alpha value is -1.60. The summed E-state index contributed by atoms with van der Waals surface area (Å²) in [6.45, 7) is 3.50. The van der Waals surface area contributed by atoms with Crippen molar-refractivity contribution in [3.8, 4) is 5.75 Å². The van der Waals surface area contributed by atoms with Gasteiger partial charge < -0.3 is 9.64 Å². The van der Waals surface area contributed by atoms with Crippen LogP contribution >= 0.6 is 0 Å². The van der Waals surface area contributed by atoms with Crippen LogP contribution < -0.4 is 4.74 Å². The van der Waals surface area contributed by atoms with Crippen LogP contribution in [0.25, 0.3) is 0 Å². The van der Waals surface area contributed by atoms with Crippen LogP contribution in [0, 0.1) is 5.92 Å². The normalized spacial score (nSPS) is 28.9. The number of para-hydroxylation sites is 1. The molecule has 3 aliphatic rings. The van der Waals surface area contributed by atoms with E-state index in [2.05, 4.69) is 0 Å². The number of likely N-dealkylation sites (N-methyl/N-ethyl adjacent to an activating group) is 1. The van der Waals surface area contributed by atoms with Gasteiger partial charge in [0.1, 0.15) is 16.7 Å². The summed E-state index contributed by atoms with van der Waals surface area (Å²) >= 11 is 0. The molecule has 2 fully saturated rings. The van der Waals surface area contributed by atoms with E-state index < -0.39 is 10.0 Å². The molecule has 1 aromatic rings. The van der Waals surface area contributed by atoms with Crippen LogP contribution in [-0.2, 0) is 14.8 Å². The molecule has 25 heavy (non-hydrogen) atoms. The van der Waals surface area contributed by atoms with Gasteiger partial charge in [-0.05, 0) is 31.4 Å². The minimum Gasteiger partial charge on any atom is -0.487 e. The van der Waals surface area contributed by atoms with Crippen LogP contribution in [0.3, 0.4) is 0 Å². The highest BCUT2D eigenvalue weighted by molar-refractivity contribution is 7.89. The Morgan fingerprint density at radius 3 is 2.60 bits per heavy atom. The molecule has 7 heteroatoms. The van der Waals surface area contributed by atoms with Gasteiger partial charge >= 0.3 is 0 Å². The molecule has 0 spiro atoms. The van der Waals surface area contributed by atoms with E-state index in [9.17, 15) is 13.2 Å². The third kappa shape index (κ3) is 2.93. The lowest BCUT2D eigenvalue weighted by atomic mass is 10.1. The minimum absolute atomic E-state index is 0.190. The van der Waals surface area contributed by atoms with Crippen LogP contribution in [0.2, 0.25) is 0 Å². The Balaban J connectivity index is 1.67. The molecule has 2 heterocycles. The van der Waals surface area contributed by atoms with Gasteiger partial charge in [0.15, 0.2) is 0 Å². The second-order valence-electron chi connectivity index (χ2n) is 7.06. The predicted octanol–water partition coefficient (Wildman–Crippen LogP) is 1.86. The number of nitrogens with zero attached hydrogens (tertiary/aromatic N) is 2. The number of rotatable bonds is 2. The third-order valence-electron chi connectivity index (χ3n) is 5.44. The summed E-state index contributed by atoms with van der Waals surface area (Å²) in [5.41, 5.74) is 0. The summed E-state index contributed by atoms with van der Waals surface area (Å²) in [5, 5.41) is 0. The predicted molar refractivity (Wildman–Crippen MR) is 92.7 cm³/mol. The average molecular weight is 364 g/mol. The molecule has 1 saturated heterocycles. The molecule has 1 aliphatic carbocycles. The number of hydrogen-bond acceptors (Lipinski definition) is 4. The molecule has 0 bridgehead atoms. The fourth-order valence-corrected chi connectivity index (χ4v) is 5.78. The summed E-state index contributed by atoms with van der Waals surface area (Å²) < 4.78 is 34.0. The maximum Gasteiger partial charge on any atom is 0.247 e. The zero-order valence-corrected chi connectivity index (χ0v) is 15.2. The van der Waals surface area contributed by atoms with Crippen molar-refractivity contribution >= 4 is 15.9 Å². The van der Waals surface area contributed by atoms with E-state index >= 15 is 0 Å². The molecular weight excluding hydrogens is 340 g/mol. The van der Waals surface area contributed by atoms with Crippen molar-refractivity contribution in [2.45, 2.75) is 49.6 Å². The Bertz CT molecular complexity index is 775. The third-order valence-corrected chi connectivity index (χ3v) is 7.48. The van der Waals surface area contributed by atoms with Gasteiger partial charge in [-0.2, -0.15) is 4.31 Å². The zero-order chi connectivity index (χ0) is 17.6. The maximum absolute atomic E-state index is 13.1. The summed E-state index contributed by atoms with van der Waals surface area (Å²) in [6.07, 6.45) is 3.02. The Morgan fingerprint density at radius 1 is 1.16 bits per heavy atom. The smallest absolute Gasteiger partial charge is 0.247 e. The van der Waals surface area contributed by atoms with Gasteiger partial charge in [0, 0.05) is 32.0 Å². The van der Waals surface area contributed by atoms with Crippen molar-refractivity contribution in [2.75, 3.05) is 19.6 Å². The molecule has 1 amide bonds. The molecule has 0 unspecified atom stereocenters. The van der Waals surface area contributed by atoms with E-state index in [1.54, 1.807) is 28.6 Å². The first kappa shape index (κ1) is 16.8. The lowest BCUT2D eigenvalue weighted by Crippen LogP contribution is -2.47. The highest BCUT2D eigenvalue weighted by Gasteiger charge is 2.44. The van der Waals surface area contributed by atoms with Gasteiger partial charge in [-0.3, -0.25) is 4.79 Å². The van der Waals surface area contributed by atoms with Crippen molar-refractivity contribution in [1.29, 1.82) is 0 Å². The highest BCUT2D eigenvalue weighted by Crippen LogP contribution is 2.37. The Kier molecular flexibility index (Phi) is 4.24. The van der Waals surface area contributed by atoms with Crippen LogP contribution in [0.15, 0.2) is 29.2 Å². The molecule has 0 N–H and O–H groups in total. The van der Waals surface area contributed by atoms with Gasteiger partial charge in [0.05, 0.1) is 6.04 Å². The molecule has 2 atom stereocenters. The number of hydrogen-bond donors (Lipinski definition) is 0. The molecule has 1 saturated carbocycles. The second kappa shape index (κ2) is 6.29. The van der Waals surface area contributed by atoms with E-state index in [0.717, 1.165) is 12.8 Å². The van der Waals surface area contributed by atoms with Crippen molar-refractivity contribution in [1.82, 2.24) is 9.21 Å². The second-order valence-corrected chi connectivity index (χ2v) is 8.91. The Labute approximate surface area is 148 Å². The number of likely N-dealkylation sites (tertiary alicyclic amines) is 1. The van der Waals surface area contributed by atoms with Gasteiger partial charge in [0.2, 0.25) is 15.9 Å². The van der Waals surface area contributed by atoms with E-state index in [1.165, 1.54) is 0 Å². The maximum atomic E-state index is 13.1. The molecule has 6 nitrogen and oxygen atoms in total. The molecule has 136 valence electrons. The zero-order valence-electron chi connectivity index (χ0n) is 14.4. The van der Waals surface area contributed by atoms with Crippen LogP contribution in [0.5, 0.6) is 5.75 Å². The van der Waals surface area contributed by atoms with Crippen LogP contribution in [0.1, 0.15) is 32.6 Å². The molecule has 2 aliphatic heterocycles. The monoisotopic (exact) mass is 364 g/mol.